The Morgan fingerprint density at radius 2 is 1.91 bits per heavy atom. The van der Waals surface area contributed by atoms with Gasteiger partial charge in [-0.2, -0.15) is 0 Å². The second kappa shape index (κ2) is 8.08. The summed E-state index contributed by atoms with van der Waals surface area (Å²) < 4.78 is 10.7. The molecule has 0 radical (unpaired) electrons. The highest BCUT2D eigenvalue weighted by Gasteiger charge is 2.10. The quantitative estimate of drug-likeness (QED) is 0.597. The largest absolute Gasteiger partial charge is 0.492 e. The van der Waals surface area contributed by atoms with Gasteiger partial charge in [0.15, 0.2) is 0 Å². The summed E-state index contributed by atoms with van der Waals surface area (Å²) in [5.74, 6) is 0.389. The Hall–Kier alpha value is -2.69. The zero-order valence-electron chi connectivity index (χ0n) is 13.5. The molecule has 0 aliphatic heterocycles. The molecule has 0 aromatic heterocycles. The standard InChI is InChI=1S/C18H22N2O3/c1-3-11-23-18(21)13-9-10-15(14(19)12-13)20-16-7-5-6-8-17(16)22-4-2/h5-10,12,20H,3-4,11,19H2,1-2H3. The van der Waals surface area contributed by atoms with E-state index in [1.54, 1.807) is 18.2 Å². The number of esters is 1. The van der Waals surface area contributed by atoms with E-state index < -0.39 is 0 Å². The second-order valence-corrected chi connectivity index (χ2v) is 4.99. The van der Waals surface area contributed by atoms with Crippen LogP contribution in [0.25, 0.3) is 0 Å². The Labute approximate surface area is 136 Å². The molecule has 3 N–H and O–H groups in total. The molecule has 0 aliphatic rings. The summed E-state index contributed by atoms with van der Waals surface area (Å²) >= 11 is 0. The molecular weight excluding hydrogens is 292 g/mol. The Bertz CT molecular complexity index is 671. The molecular formula is C18H22N2O3. The molecule has 5 heteroatoms. The molecule has 2 aromatic rings. The molecule has 122 valence electrons. The number of benzene rings is 2. The lowest BCUT2D eigenvalue weighted by molar-refractivity contribution is 0.0505. The van der Waals surface area contributed by atoms with Crippen molar-refractivity contribution in [2.75, 3.05) is 24.3 Å². The van der Waals surface area contributed by atoms with Crippen LogP contribution >= 0.6 is 0 Å². The van der Waals surface area contributed by atoms with Gasteiger partial charge in [0.05, 0.1) is 35.8 Å². The van der Waals surface area contributed by atoms with E-state index in [1.807, 2.05) is 38.1 Å². The Morgan fingerprint density at radius 3 is 2.61 bits per heavy atom. The number of rotatable bonds is 7. The number of carbonyl (C=O) groups is 1. The van der Waals surface area contributed by atoms with Gasteiger partial charge in [-0.3, -0.25) is 0 Å². The van der Waals surface area contributed by atoms with E-state index in [4.69, 9.17) is 15.2 Å². The van der Waals surface area contributed by atoms with E-state index in [0.29, 0.717) is 30.2 Å². The van der Waals surface area contributed by atoms with Crippen molar-refractivity contribution in [1.29, 1.82) is 0 Å². The highest BCUT2D eigenvalue weighted by molar-refractivity contribution is 5.92. The number of para-hydroxylation sites is 2. The van der Waals surface area contributed by atoms with Gasteiger partial charge in [-0.25, -0.2) is 4.79 Å². The highest BCUT2D eigenvalue weighted by Crippen LogP contribution is 2.30. The third-order valence-electron chi connectivity index (χ3n) is 3.18. The Morgan fingerprint density at radius 1 is 1.13 bits per heavy atom. The third kappa shape index (κ3) is 4.39. The van der Waals surface area contributed by atoms with Crippen LogP contribution in [-0.2, 0) is 4.74 Å². The second-order valence-electron chi connectivity index (χ2n) is 4.99. The van der Waals surface area contributed by atoms with Crippen molar-refractivity contribution in [2.24, 2.45) is 0 Å². The van der Waals surface area contributed by atoms with Gasteiger partial charge in [0.1, 0.15) is 5.75 Å². The van der Waals surface area contributed by atoms with Crippen LogP contribution in [0.1, 0.15) is 30.6 Å². The lowest BCUT2D eigenvalue weighted by atomic mass is 10.1. The predicted octanol–water partition coefficient (Wildman–Crippen LogP) is 3.98. The van der Waals surface area contributed by atoms with Gasteiger partial charge in [0.25, 0.3) is 0 Å². The lowest BCUT2D eigenvalue weighted by Gasteiger charge is -2.14. The maximum Gasteiger partial charge on any atom is 0.338 e. The molecule has 0 atom stereocenters. The van der Waals surface area contributed by atoms with Crippen LogP contribution in [0, 0.1) is 0 Å². The highest BCUT2D eigenvalue weighted by atomic mass is 16.5. The van der Waals surface area contributed by atoms with Crippen molar-refractivity contribution < 1.29 is 14.3 Å². The van der Waals surface area contributed by atoms with Gasteiger partial charge in [0.2, 0.25) is 0 Å². The number of anilines is 3. The zero-order chi connectivity index (χ0) is 16.7. The van der Waals surface area contributed by atoms with Gasteiger partial charge < -0.3 is 20.5 Å². The van der Waals surface area contributed by atoms with Crippen LogP contribution in [-0.4, -0.2) is 19.2 Å². The molecule has 0 spiro atoms. The number of hydrogen-bond acceptors (Lipinski definition) is 5. The zero-order valence-corrected chi connectivity index (χ0v) is 13.5. The van der Waals surface area contributed by atoms with Gasteiger partial charge in [-0.15, -0.1) is 0 Å². The first kappa shape index (κ1) is 16.7. The first-order valence-corrected chi connectivity index (χ1v) is 7.71. The van der Waals surface area contributed by atoms with Crippen LogP contribution in [0.4, 0.5) is 17.1 Å². The Kier molecular flexibility index (Phi) is 5.86. The predicted molar refractivity (Wildman–Crippen MR) is 92.3 cm³/mol. The SMILES string of the molecule is CCCOC(=O)c1ccc(Nc2ccccc2OCC)c(N)c1. The molecule has 0 aliphatic carbocycles. The first-order valence-electron chi connectivity index (χ1n) is 7.71. The molecule has 2 aromatic carbocycles. The average molecular weight is 314 g/mol. The third-order valence-corrected chi connectivity index (χ3v) is 3.18. The molecule has 0 heterocycles. The first-order chi connectivity index (χ1) is 11.2. The monoisotopic (exact) mass is 314 g/mol. The number of hydrogen-bond donors (Lipinski definition) is 2. The number of nitrogens with two attached hydrogens (primary N) is 1. The maximum absolute atomic E-state index is 11.8. The summed E-state index contributed by atoms with van der Waals surface area (Å²) in [5.41, 5.74) is 8.50. The van der Waals surface area contributed by atoms with E-state index in [1.165, 1.54) is 0 Å². The number of nitrogens with one attached hydrogen (secondary N) is 1. The average Bonchev–Trinajstić information content (AvgIpc) is 2.56. The number of ether oxygens (including phenoxy) is 2. The Balaban J connectivity index is 2.17. The lowest BCUT2D eigenvalue weighted by Crippen LogP contribution is -2.07. The molecule has 23 heavy (non-hydrogen) atoms. The molecule has 0 saturated carbocycles. The van der Waals surface area contributed by atoms with E-state index in [-0.39, 0.29) is 5.97 Å². The maximum atomic E-state index is 11.8. The minimum Gasteiger partial charge on any atom is -0.492 e. The number of carbonyl (C=O) groups excluding carboxylic acids is 1. The van der Waals surface area contributed by atoms with Crippen molar-refractivity contribution >= 4 is 23.0 Å². The fourth-order valence-corrected chi connectivity index (χ4v) is 2.08. The van der Waals surface area contributed by atoms with Crippen LogP contribution in [0.5, 0.6) is 5.75 Å². The van der Waals surface area contributed by atoms with Crippen molar-refractivity contribution in [1.82, 2.24) is 0 Å². The fraction of sp³-hybridized carbons (Fsp3) is 0.278. The van der Waals surface area contributed by atoms with E-state index in [0.717, 1.165) is 17.9 Å². The topological polar surface area (TPSA) is 73.6 Å². The minimum absolute atomic E-state index is 0.361. The fourth-order valence-electron chi connectivity index (χ4n) is 2.08. The van der Waals surface area contributed by atoms with Crippen molar-refractivity contribution in [3.63, 3.8) is 0 Å². The van der Waals surface area contributed by atoms with Crippen LogP contribution in [0.15, 0.2) is 42.5 Å². The molecule has 0 fully saturated rings. The van der Waals surface area contributed by atoms with E-state index >= 15 is 0 Å². The molecule has 0 unspecified atom stereocenters. The summed E-state index contributed by atoms with van der Waals surface area (Å²) in [6.07, 6.45) is 0.787. The molecule has 0 amide bonds. The van der Waals surface area contributed by atoms with E-state index in [9.17, 15) is 4.79 Å². The van der Waals surface area contributed by atoms with Gasteiger partial charge in [0, 0.05) is 0 Å². The normalized spacial score (nSPS) is 10.2. The van der Waals surface area contributed by atoms with Crippen molar-refractivity contribution in [3.8, 4) is 5.75 Å². The summed E-state index contributed by atoms with van der Waals surface area (Å²) in [5, 5.41) is 3.23. The molecule has 5 nitrogen and oxygen atoms in total. The summed E-state index contributed by atoms with van der Waals surface area (Å²) in [6, 6.07) is 12.7. The van der Waals surface area contributed by atoms with Gasteiger partial charge >= 0.3 is 5.97 Å². The van der Waals surface area contributed by atoms with Crippen LogP contribution in [0.2, 0.25) is 0 Å². The van der Waals surface area contributed by atoms with Gasteiger partial charge in [-0.1, -0.05) is 19.1 Å². The van der Waals surface area contributed by atoms with Gasteiger partial charge in [-0.05, 0) is 43.7 Å². The molecule has 2 rings (SSSR count). The summed E-state index contributed by atoms with van der Waals surface area (Å²) in [4.78, 5) is 11.8. The number of nitrogen functional groups attached to an aromatic ring is 1. The smallest absolute Gasteiger partial charge is 0.338 e. The summed E-state index contributed by atoms with van der Waals surface area (Å²) in [6.45, 7) is 4.86. The van der Waals surface area contributed by atoms with Crippen LogP contribution in [0.3, 0.4) is 0 Å². The van der Waals surface area contributed by atoms with E-state index in [2.05, 4.69) is 5.32 Å². The minimum atomic E-state index is -0.361. The molecule has 0 bridgehead atoms. The summed E-state index contributed by atoms with van der Waals surface area (Å²) in [7, 11) is 0. The van der Waals surface area contributed by atoms with Crippen molar-refractivity contribution in [2.45, 2.75) is 20.3 Å². The van der Waals surface area contributed by atoms with Crippen molar-refractivity contribution in [3.05, 3.63) is 48.0 Å². The molecule has 0 saturated heterocycles. The van der Waals surface area contributed by atoms with Crippen LogP contribution < -0.4 is 15.8 Å².